The van der Waals surface area contributed by atoms with Crippen LogP contribution in [-0.2, 0) is 15.7 Å². The number of fused-ring (bicyclic) bond motifs is 1. The van der Waals surface area contributed by atoms with Crippen molar-refractivity contribution >= 4 is 29.7 Å². The van der Waals surface area contributed by atoms with Crippen LogP contribution in [0.1, 0.15) is 54.2 Å². The van der Waals surface area contributed by atoms with Crippen molar-refractivity contribution in [3.8, 4) is 0 Å². The van der Waals surface area contributed by atoms with Gasteiger partial charge in [-0.3, -0.25) is 0 Å². The Balaban J connectivity index is 2.27. The zero-order chi connectivity index (χ0) is 19.5. The quantitative estimate of drug-likeness (QED) is 0.833. The fourth-order valence-electron chi connectivity index (χ4n) is 3.30. The highest BCUT2D eigenvalue weighted by Crippen LogP contribution is 2.38. The van der Waals surface area contributed by atoms with E-state index in [1.165, 1.54) is 4.57 Å². The molecule has 3 rings (SSSR count). The Kier molecular flexibility index (Phi) is 4.24. The van der Waals surface area contributed by atoms with Crippen molar-refractivity contribution < 1.29 is 19.2 Å². The first-order valence-corrected chi connectivity index (χ1v) is 8.91. The molecule has 1 saturated heterocycles. The fraction of sp³-hybridized carbons (Fsp3) is 0.579. The summed E-state index contributed by atoms with van der Waals surface area (Å²) in [7, 11) is -0.635. The summed E-state index contributed by atoms with van der Waals surface area (Å²) in [5, 5.41) is 10.6. The molecule has 0 atom stereocenters. The summed E-state index contributed by atoms with van der Waals surface area (Å²) >= 11 is 0. The van der Waals surface area contributed by atoms with Crippen molar-refractivity contribution in [2.75, 3.05) is 0 Å². The molecule has 2 aromatic heterocycles. The van der Waals surface area contributed by atoms with E-state index in [2.05, 4.69) is 25.8 Å². The van der Waals surface area contributed by atoms with Crippen molar-refractivity contribution in [2.24, 2.45) is 5.41 Å². The topological polar surface area (TPSA) is 73.6 Å². The molecule has 1 aliphatic rings. The van der Waals surface area contributed by atoms with Gasteiger partial charge in [0.25, 0.3) is 0 Å². The minimum Gasteiger partial charge on any atom is -0.464 e. The summed E-state index contributed by atoms with van der Waals surface area (Å²) in [6.45, 7) is 14.2. The van der Waals surface area contributed by atoms with E-state index in [4.69, 9.17) is 9.31 Å². The maximum absolute atomic E-state index is 12.0. The minimum atomic E-state index is -1.05. The number of pyridine rings is 1. The number of hydrogen-bond acceptors (Lipinski definition) is 4. The standard InChI is InChI=1S/C19H27BN2O4/c1-17(2,3)11-13-14(20-25-18(4,5)19(6,7)26-20)12-9-8-10-21-15(12)22(13)16(23)24/h8-10H,11H2,1-7H3,(H,23,24). The van der Waals surface area contributed by atoms with E-state index in [9.17, 15) is 9.90 Å². The minimum absolute atomic E-state index is 0.111. The van der Waals surface area contributed by atoms with E-state index < -0.39 is 24.4 Å². The zero-order valence-electron chi connectivity index (χ0n) is 16.6. The second-order valence-electron chi connectivity index (χ2n) is 9.18. The van der Waals surface area contributed by atoms with Gasteiger partial charge in [-0.1, -0.05) is 20.8 Å². The van der Waals surface area contributed by atoms with E-state index in [0.29, 0.717) is 17.8 Å². The van der Waals surface area contributed by atoms with Crippen molar-refractivity contribution in [3.63, 3.8) is 0 Å². The largest absolute Gasteiger partial charge is 0.497 e. The van der Waals surface area contributed by atoms with Crippen LogP contribution >= 0.6 is 0 Å². The molecule has 0 saturated carbocycles. The SMILES string of the molecule is CC(C)(C)Cc1c(B2OC(C)(C)C(C)(C)O2)c2cccnc2n1C(=O)O. The first-order valence-electron chi connectivity index (χ1n) is 8.91. The fourth-order valence-corrected chi connectivity index (χ4v) is 3.30. The van der Waals surface area contributed by atoms with Crippen LogP contribution in [0.3, 0.4) is 0 Å². The van der Waals surface area contributed by atoms with E-state index in [0.717, 1.165) is 10.8 Å². The van der Waals surface area contributed by atoms with Gasteiger partial charge < -0.3 is 14.4 Å². The molecular weight excluding hydrogens is 331 g/mol. The Morgan fingerprint density at radius 3 is 2.31 bits per heavy atom. The van der Waals surface area contributed by atoms with Gasteiger partial charge in [-0.05, 0) is 51.7 Å². The second-order valence-corrected chi connectivity index (χ2v) is 9.18. The number of rotatable bonds is 2. The highest BCUT2D eigenvalue weighted by Gasteiger charge is 2.53. The van der Waals surface area contributed by atoms with Gasteiger partial charge in [0.2, 0.25) is 0 Å². The summed E-state index contributed by atoms with van der Waals surface area (Å²) < 4.78 is 13.8. The van der Waals surface area contributed by atoms with E-state index in [-0.39, 0.29) is 5.41 Å². The highest BCUT2D eigenvalue weighted by atomic mass is 16.7. The van der Waals surface area contributed by atoms with Crippen LogP contribution < -0.4 is 5.46 Å². The average Bonchev–Trinajstić information content (AvgIpc) is 2.87. The summed E-state index contributed by atoms with van der Waals surface area (Å²) in [5.74, 6) is 0. The van der Waals surface area contributed by atoms with Crippen molar-refractivity contribution in [1.82, 2.24) is 9.55 Å². The lowest BCUT2D eigenvalue weighted by molar-refractivity contribution is 0.00578. The molecule has 1 N–H and O–H groups in total. The Morgan fingerprint density at radius 2 is 1.81 bits per heavy atom. The van der Waals surface area contributed by atoms with Crippen molar-refractivity contribution in [3.05, 3.63) is 24.0 Å². The van der Waals surface area contributed by atoms with E-state index >= 15 is 0 Å². The predicted molar refractivity (Wildman–Crippen MR) is 102 cm³/mol. The van der Waals surface area contributed by atoms with Gasteiger partial charge in [-0.15, -0.1) is 0 Å². The molecule has 0 aromatic carbocycles. The molecule has 0 amide bonds. The number of carboxylic acid groups (broad SMARTS) is 1. The number of carbonyl (C=O) groups is 1. The molecule has 0 aliphatic carbocycles. The van der Waals surface area contributed by atoms with Crippen LogP contribution in [0.4, 0.5) is 4.79 Å². The van der Waals surface area contributed by atoms with Gasteiger partial charge >= 0.3 is 13.2 Å². The normalized spacial score (nSPS) is 19.3. The van der Waals surface area contributed by atoms with Crippen LogP contribution in [0.5, 0.6) is 0 Å². The third kappa shape index (κ3) is 3.03. The Labute approximate surface area is 154 Å². The molecule has 3 heterocycles. The monoisotopic (exact) mass is 358 g/mol. The first-order chi connectivity index (χ1) is 11.8. The summed E-state index contributed by atoms with van der Waals surface area (Å²) in [4.78, 5) is 16.4. The molecule has 1 fully saturated rings. The summed E-state index contributed by atoms with van der Waals surface area (Å²) in [5.41, 5.74) is 0.748. The summed E-state index contributed by atoms with van der Waals surface area (Å²) in [6.07, 6.45) is 1.13. The van der Waals surface area contributed by atoms with Crippen molar-refractivity contribution in [1.29, 1.82) is 0 Å². The maximum atomic E-state index is 12.0. The first kappa shape index (κ1) is 18.9. The molecule has 0 unspecified atom stereocenters. The zero-order valence-corrected chi connectivity index (χ0v) is 16.6. The lowest BCUT2D eigenvalue weighted by Gasteiger charge is -2.32. The van der Waals surface area contributed by atoms with Crippen LogP contribution in [0.25, 0.3) is 11.0 Å². The van der Waals surface area contributed by atoms with Gasteiger partial charge in [0.05, 0.1) is 11.2 Å². The van der Waals surface area contributed by atoms with Gasteiger partial charge in [-0.25, -0.2) is 14.3 Å². The molecule has 0 spiro atoms. The van der Waals surface area contributed by atoms with Crippen LogP contribution in [0.15, 0.2) is 18.3 Å². The Hall–Kier alpha value is -1.86. The molecule has 1 aliphatic heterocycles. The Bertz CT molecular complexity index is 848. The van der Waals surface area contributed by atoms with Crippen molar-refractivity contribution in [2.45, 2.75) is 66.1 Å². The van der Waals surface area contributed by atoms with Crippen LogP contribution in [0, 0.1) is 5.41 Å². The number of nitrogens with zero attached hydrogens (tertiary/aromatic N) is 2. The average molecular weight is 358 g/mol. The molecular formula is C19H27BN2O4. The Morgan fingerprint density at radius 1 is 1.23 bits per heavy atom. The lowest BCUT2D eigenvalue weighted by Crippen LogP contribution is -2.41. The summed E-state index contributed by atoms with van der Waals surface area (Å²) in [6, 6.07) is 3.69. The maximum Gasteiger partial charge on any atom is 0.497 e. The lowest BCUT2D eigenvalue weighted by atomic mass is 9.74. The molecule has 6 nitrogen and oxygen atoms in total. The van der Waals surface area contributed by atoms with Crippen LogP contribution in [-0.4, -0.2) is 39.1 Å². The van der Waals surface area contributed by atoms with Crippen LogP contribution in [0.2, 0.25) is 0 Å². The molecule has 7 heteroatoms. The molecule has 2 aromatic rings. The number of hydrogen-bond donors (Lipinski definition) is 1. The third-order valence-electron chi connectivity index (χ3n) is 5.25. The van der Waals surface area contributed by atoms with E-state index in [1.54, 1.807) is 6.20 Å². The van der Waals surface area contributed by atoms with Gasteiger partial charge in [0.15, 0.2) is 0 Å². The third-order valence-corrected chi connectivity index (χ3v) is 5.25. The predicted octanol–water partition coefficient (Wildman–Crippen LogP) is 3.45. The van der Waals surface area contributed by atoms with E-state index in [1.807, 2.05) is 39.8 Å². The molecule has 26 heavy (non-hydrogen) atoms. The molecule has 140 valence electrons. The second kappa shape index (κ2) is 5.82. The van der Waals surface area contributed by atoms with Gasteiger partial charge in [0.1, 0.15) is 5.65 Å². The smallest absolute Gasteiger partial charge is 0.464 e. The van der Waals surface area contributed by atoms with Gasteiger partial charge in [-0.2, -0.15) is 0 Å². The molecule has 0 bridgehead atoms. The molecule has 0 radical (unpaired) electrons. The number of aromatic nitrogens is 2. The highest BCUT2D eigenvalue weighted by molar-refractivity contribution is 6.66. The van der Waals surface area contributed by atoms with Gasteiger partial charge in [0, 0.05) is 22.7 Å².